The highest BCUT2D eigenvalue weighted by molar-refractivity contribution is 9.10. The van der Waals surface area contributed by atoms with Crippen molar-refractivity contribution in [3.63, 3.8) is 0 Å². The Bertz CT molecular complexity index is 636. The predicted molar refractivity (Wildman–Crippen MR) is 68.5 cm³/mol. The van der Waals surface area contributed by atoms with Crippen LogP contribution in [0.25, 0.3) is 11.1 Å². The van der Waals surface area contributed by atoms with Gasteiger partial charge in [0.15, 0.2) is 5.58 Å². The molecule has 0 bridgehead atoms. The molecule has 0 atom stereocenters. The molecule has 5 nitrogen and oxygen atoms in total. The van der Waals surface area contributed by atoms with Gasteiger partial charge in [-0.2, -0.15) is 0 Å². The zero-order valence-corrected chi connectivity index (χ0v) is 11.1. The number of rotatable bonds is 3. The molecule has 0 unspecified atom stereocenters. The lowest BCUT2D eigenvalue weighted by atomic mass is 9.87. The number of hydrogen-bond acceptors (Lipinski definition) is 4. The number of aromatic nitrogens is 1. The second-order valence-corrected chi connectivity index (χ2v) is 5.63. The third-order valence-electron chi connectivity index (χ3n) is 3.28. The molecule has 0 spiro atoms. The summed E-state index contributed by atoms with van der Waals surface area (Å²) in [6.07, 6.45) is 0. The van der Waals surface area contributed by atoms with Crippen molar-refractivity contribution >= 4 is 27.0 Å². The summed E-state index contributed by atoms with van der Waals surface area (Å²) in [7, 11) is 0. The Labute approximate surface area is 111 Å². The van der Waals surface area contributed by atoms with E-state index in [1.807, 2.05) is 12.1 Å². The molecule has 2 heterocycles. The first kappa shape index (κ1) is 12.0. The maximum absolute atomic E-state index is 11.8. The van der Waals surface area contributed by atoms with E-state index in [4.69, 9.17) is 9.15 Å². The van der Waals surface area contributed by atoms with Gasteiger partial charge in [0, 0.05) is 11.0 Å². The number of nitrogens with zero attached hydrogens (tertiary/aromatic N) is 1. The zero-order valence-electron chi connectivity index (χ0n) is 9.56. The highest BCUT2D eigenvalue weighted by Crippen LogP contribution is 2.30. The maximum Gasteiger partial charge on any atom is 0.419 e. The number of ether oxygens (including phenoxy) is 1. The van der Waals surface area contributed by atoms with Crippen molar-refractivity contribution in [2.24, 2.45) is 5.41 Å². The van der Waals surface area contributed by atoms with Crippen molar-refractivity contribution in [3.05, 3.63) is 33.2 Å². The predicted octanol–water partition coefficient (Wildman–Crippen LogP) is 1.37. The summed E-state index contributed by atoms with van der Waals surface area (Å²) >= 11 is 3.33. The van der Waals surface area contributed by atoms with E-state index in [0.29, 0.717) is 25.3 Å². The molecule has 96 valence electrons. The minimum absolute atomic E-state index is 0.00262. The van der Waals surface area contributed by atoms with E-state index in [-0.39, 0.29) is 12.0 Å². The van der Waals surface area contributed by atoms with E-state index in [1.165, 1.54) is 0 Å². The van der Waals surface area contributed by atoms with Crippen LogP contribution in [0.4, 0.5) is 0 Å². The monoisotopic (exact) mass is 313 g/mol. The summed E-state index contributed by atoms with van der Waals surface area (Å²) in [5, 5.41) is 9.41. The summed E-state index contributed by atoms with van der Waals surface area (Å²) in [6.45, 7) is 1.36. The van der Waals surface area contributed by atoms with Crippen molar-refractivity contribution in [3.8, 4) is 0 Å². The van der Waals surface area contributed by atoms with Gasteiger partial charge < -0.3 is 14.3 Å². The second-order valence-electron chi connectivity index (χ2n) is 4.72. The molecule has 3 rings (SSSR count). The molecular formula is C12H12BrNO4. The summed E-state index contributed by atoms with van der Waals surface area (Å²) < 4.78 is 12.7. The van der Waals surface area contributed by atoms with Crippen LogP contribution in [-0.4, -0.2) is 29.5 Å². The molecule has 1 aromatic carbocycles. The molecule has 1 aromatic heterocycles. The SMILES string of the molecule is O=c1oc2cc(Br)ccc2n1CC1(CO)COC1. The van der Waals surface area contributed by atoms with Gasteiger partial charge >= 0.3 is 5.76 Å². The molecule has 0 saturated carbocycles. The molecular weight excluding hydrogens is 302 g/mol. The van der Waals surface area contributed by atoms with Gasteiger partial charge in [-0.3, -0.25) is 4.57 Å². The first-order chi connectivity index (χ1) is 8.63. The van der Waals surface area contributed by atoms with E-state index in [2.05, 4.69) is 15.9 Å². The van der Waals surface area contributed by atoms with Crippen molar-refractivity contribution < 1.29 is 14.3 Å². The largest absolute Gasteiger partial charge is 0.419 e. The van der Waals surface area contributed by atoms with Gasteiger partial charge in [-0.15, -0.1) is 0 Å². The molecule has 1 aliphatic heterocycles. The maximum atomic E-state index is 11.8. The van der Waals surface area contributed by atoms with Crippen LogP contribution in [-0.2, 0) is 11.3 Å². The Balaban J connectivity index is 2.06. The molecule has 0 amide bonds. The number of halogens is 1. The van der Waals surface area contributed by atoms with E-state index in [1.54, 1.807) is 10.6 Å². The number of aliphatic hydroxyl groups excluding tert-OH is 1. The van der Waals surface area contributed by atoms with Crippen LogP contribution >= 0.6 is 15.9 Å². The van der Waals surface area contributed by atoms with Crippen LogP contribution in [0, 0.1) is 5.41 Å². The Kier molecular flexibility index (Phi) is 2.80. The topological polar surface area (TPSA) is 64.6 Å². The third-order valence-corrected chi connectivity index (χ3v) is 3.77. The standard InChI is InChI=1S/C12H12BrNO4/c13-8-1-2-9-10(3-8)18-11(16)14(9)4-12(5-15)6-17-7-12/h1-3,15H,4-7H2. The molecule has 1 aliphatic rings. The van der Waals surface area contributed by atoms with Crippen LogP contribution in [0.3, 0.4) is 0 Å². The highest BCUT2D eigenvalue weighted by Gasteiger charge is 2.39. The van der Waals surface area contributed by atoms with Crippen molar-refractivity contribution in [2.75, 3.05) is 19.8 Å². The average Bonchev–Trinajstić information content (AvgIpc) is 2.59. The lowest BCUT2D eigenvalue weighted by Crippen LogP contribution is -2.49. The van der Waals surface area contributed by atoms with Gasteiger partial charge in [-0.1, -0.05) is 15.9 Å². The zero-order chi connectivity index (χ0) is 12.8. The average molecular weight is 314 g/mol. The second kappa shape index (κ2) is 4.22. The Hall–Kier alpha value is -1.11. The lowest BCUT2D eigenvalue weighted by molar-refractivity contribution is -0.144. The fourth-order valence-electron chi connectivity index (χ4n) is 2.15. The van der Waals surface area contributed by atoms with Gasteiger partial charge in [-0.25, -0.2) is 4.79 Å². The quantitative estimate of drug-likeness (QED) is 0.929. The molecule has 6 heteroatoms. The van der Waals surface area contributed by atoms with Crippen LogP contribution in [0.15, 0.2) is 31.9 Å². The van der Waals surface area contributed by atoms with Gasteiger partial charge in [0.1, 0.15) is 0 Å². The van der Waals surface area contributed by atoms with E-state index < -0.39 is 5.76 Å². The number of fused-ring (bicyclic) bond motifs is 1. The number of benzene rings is 1. The first-order valence-corrected chi connectivity index (χ1v) is 6.40. The summed E-state index contributed by atoms with van der Waals surface area (Å²) in [4.78, 5) is 11.8. The smallest absolute Gasteiger partial charge is 0.408 e. The van der Waals surface area contributed by atoms with E-state index >= 15 is 0 Å². The molecule has 0 aliphatic carbocycles. The first-order valence-electron chi connectivity index (χ1n) is 5.61. The molecule has 2 aromatic rings. The van der Waals surface area contributed by atoms with Crippen molar-refractivity contribution in [1.82, 2.24) is 4.57 Å². The van der Waals surface area contributed by atoms with Crippen molar-refractivity contribution in [2.45, 2.75) is 6.54 Å². The van der Waals surface area contributed by atoms with Gasteiger partial charge in [0.2, 0.25) is 0 Å². The minimum atomic E-state index is -0.400. The Morgan fingerprint density at radius 2 is 2.22 bits per heavy atom. The normalized spacial score (nSPS) is 17.9. The number of hydrogen-bond donors (Lipinski definition) is 1. The summed E-state index contributed by atoms with van der Waals surface area (Å²) in [5.41, 5.74) is 0.930. The van der Waals surface area contributed by atoms with Gasteiger partial charge in [0.05, 0.1) is 30.8 Å². The van der Waals surface area contributed by atoms with Gasteiger partial charge in [-0.05, 0) is 18.2 Å². The van der Waals surface area contributed by atoms with E-state index in [9.17, 15) is 9.90 Å². The number of aliphatic hydroxyl groups is 1. The molecule has 18 heavy (non-hydrogen) atoms. The fourth-order valence-corrected chi connectivity index (χ4v) is 2.49. The van der Waals surface area contributed by atoms with Crippen LogP contribution in [0.5, 0.6) is 0 Å². The molecule has 0 radical (unpaired) electrons. The number of oxazole rings is 1. The molecule has 1 fully saturated rings. The van der Waals surface area contributed by atoms with Crippen LogP contribution < -0.4 is 5.76 Å². The summed E-state index contributed by atoms with van der Waals surface area (Å²) in [6, 6.07) is 5.45. The molecule has 1 saturated heterocycles. The highest BCUT2D eigenvalue weighted by atomic mass is 79.9. The minimum Gasteiger partial charge on any atom is -0.408 e. The van der Waals surface area contributed by atoms with Crippen LogP contribution in [0.1, 0.15) is 0 Å². The molecule has 1 N–H and O–H groups in total. The Morgan fingerprint density at radius 3 is 2.83 bits per heavy atom. The summed E-state index contributed by atoms with van der Waals surface area (Å²) in [5.74, 6) is -0.400. The fraction of sp³-hybridized carbons (Fsp3) is 0.417. The lowest BCUT2D eigenvalue weighted by Gasteiger charge is -2.39. The van der Waals surface area contributed by atoms with Crippen molar-refractivity contribution in [1.29, 1.82) is 0 Å². The van der Waals surface area contributed by atoms with Crippen LogP contribution in [0.2, 0.25) is 0 Å². The Morgan fingerprint density at radius 1 is 1.44 bits per heavy atom. The third kappa shape index (κ3) is 1.81. The van der Waals surface area contributed by atoms with E-state index in [0.717, 1.165) is 9.99 Å². The van der Waals surface area contributed by atoms with Gasteiger partial charge in [0.25, 0.3) is 0 Å².